The molecule has 0 unspecified atom stereocenters. The van der Waals surface area contributed by atoms with Gasteiger partial charge >= 0.3 is 11.9 Å². The molecule has 1 N–H and O–H groups in total. The lowest BCUT2D eigenvalue weighted by Gasteiger charge is -2.12. The first-order valence-corrected chi connectivity index (χ1v) is 8.21. The maximum Gasteiger partial charge on any atom is 0.338 e. The molecule has 0 amide bonds. The van der Waals surface area contributed by atoms with Gasteiger partial charge in [-0.2, -0.15) is 0 Å². The number of rotatable bonds is 5. The van der Waals surface area contributed by atoms with Gasteiger partial charge in [0.25, 0.3) is 0 Å². The van der Waals surface area contributed by atoms with E-state index in [0.717, 1.165) is 11.4 Å². The number of carboxylic acids is 1. The first kappa shape index (κ1) is 21.0. The molecule has 0 radical (unpaired) electrons. The highest BCUT2D eigenvalue weighted by Crippen LogP contribution is 2.13. The fourth-order valence-corrected chi connectivity index (χ4v) is 2.01. The van der Waals surface area contributed by atoms with E-state index in [2.05, 4.69) is 0 Å². The summed E-state index contributed by atoms with van der Waals surface area (Å²) in [6, 6.07) is 14.1. The Morgan fingerprint density at radius 3 is 1.50 bits per heavy atom. The molecule has 2 aromatic carbocycles. The van der Waals surface area contributed by atoms with Crippen LogP contribution in [0.15, 0.2) is 48.5 Å². The maximum atomic E-state index is 11.3. The minimum absolute atomic E-state index is 0.266. The molecule has 140 valence electrons. The topological polar surface area (TPSA) is 70.1 Å². The first-order chi connectivity index (χ1) is 12.3. The minimum Gasteiger partial charge on any atom is -0.478 e. The summed E-state index contributed by atoms with van der Waals surface area (Å²) in [5.74, 6) is -1.15. The predicted molar refractivity (Wildman–Crippen MR) is 104 cm³/mol. The zero-order valence-electron chi connectivity index (χ0n) is 15.9. The lowest BCUT2D eigenvalue weighted by atomic mass is 10.2. The number of esters is 1. The average Bonchev–Trinajstić information content (AvgIpc) is 2.62. The number of hydrogen-bond donors (Lipinski definition) is 1. The van der Waals surface area contributed by atoms with Crippen LogP contribution in [0.1, 0.15) is 27.6 Å². The van der Waals surface area contributed by atoms with E-state index in [-0.39, 0.29) is 5.97 Å². The molecule has 6 heteroatoms. The SMILES string of the molecule is CCOC(=O)c1ccc(N(C)C)cc1.CN(C)c1ccc(C(=O)O)cc1. The van der Waals surface area contributed by atoms with Crippen molar-refractivity contribution in [2.24, 2.45) is 0 Å². The Morgan fingerprint density at radius 2 is 1.19 bits per heavy atom. The van der Waals surface area contributed by atoms with Gasteiger partial charge in [0.2, 0.25) is 0 Å². The van der Waals surface area contributed by atoms with E-state index < -0.39 is 5.97 Å². The van der Waals surface area contributed by atoms with Gasteiger partial charge in [-0.15, -0.1) is 0 Å². The summed E-state index contributed by atoms with van der Waals surface area (Å²) < 4.78 is 4.88. The van der Waals surface area contributed by atoms with Crippen LogP contribution in [0, 0.1) is 0 Å². The quantitative estimate of drug-likeness (QED) is 0.827. The Hall–Kier alpha value is -3.02. The summed E-state index contributed by atoms with van der Waals surface area (Å²) in [7, 11) is 7.74. The molecule has 0 saturated heterocycles. The number of nitrogens with zero attached hydrogens (tertiary/aromatic N) is 2. The van der Waals surface area contributed by atoms with Crippen molar-refractivity contribution in [3.8, 4) is 0 Å². The van der Waals surface area contributed by atoms with Gasteiger partial charge in [0.15, 0.2) is 0 Å². The van der Waals surface area contributed by atoms with Crippen molar-refractivity contribution < 1.29 is 19.4 Å². The number of aromatic carboxylic acids is 1. The van der Waals surface area contributed by atoms with E-state index in [9.17, 15) is 9.59 Å². The summed E-state index contributed by atoms with van der Waals surface area (Å²) in [5.41, 5.74) is 2.98. The number of carbonyl (C=O) groups is 2. The average molecular weight is 358 g/mol. The van der Waals surface area contributed by atoms with Crippen molar-refractivity contribution in [1.29, 1.82) is 0 Å². The van der Waals surface area contributed by atoms with Crippen LogP contribution in [-0.2, 0) is 4.74 Å². The van der Waals surface area contributed by atoms with Gasteiger partial charge in [-0.25, -0.2) is 9.59 Å². The first-order valence-electron chi connectivity index (χ1n) is 8.21. The molecule has 26 heavy (non-hydrogen) atoms. The van der Waals surface area contributed by atoms with E-state index in [1.54, 1.807) is 43.3 Å². The lowest BCUT2D eigenvalue weighted by molar-refractivity contribution is 0.0526. The van der Waals surface area contributed by atoms with Gasteiger partial charge in [-0.05, 0) is 55.5 Å². The van der Waals surface area contributed by atoms with Crippen molar-refractivity contribution in [2.75, 3.05) is 44.6 Å². The van der Waals surface area contributed by atoms with Gasteiger partial charge in [-0.1, -0.05) is 0 Å². The molecule has 6 nitrogen and oxygen atoms in total. The van der Waals surface area contributed by atoms with Crippen LogP contribution in [0.2, 0.25) is 0 Å². The fraction of sp³-hybridized carbons (Fsp3) is 0.300. The maximum absolute atomic E-state index is 11.3. The molecule has 0 heterocycles. The second-order valence-corrected chi connectivity index (χ2v) is 5.91. The summed E-state index contributed by atoms with van der Waals surface area (Å²) in [6.45, 7) is 2.21. The molecule has 0 aromatic heterocycles. The molecular formula is C20H26N2O4. The highest BCUT2D eigenvalue weighted by Gasteiger charge is 2.05. The van der Waals surface area contributed by atoms with Gasteiger partial charge in [0.1, 0.15) is 0 Å². The van der Waals surface area contributed by atoms with Gasteiger partial charge in [0, 0.05) is 39.6 Å². The highest BCUT2D eigenvalue weighted by molar-refractivity contribution is 5.89. The Morgan fingerprint density at radius 1 is 0.808 bits per heavy atom. The van der Waals surface area contributed by atoms with Crippen molar-refractivity contribution in [2.45, 2.75) is 6.92 Å². The van der Waals surface area contributed by atoms with Crippen molar-refractivity contribution >= 4 is 23.3 Å². The van der Waals surface area contributed by atoms with Crippen LogP contribution in [0.4, 0.5) is 11.4 Å². The molecule has 0 fully saturated rings. The monoisotopic (exact) mass is 358 g/mol. The Labute approximate surface area is 154 Å². The molecule has 0 saturated carbocycles. The van der Waals surface area contributed by atoms with E-state index in [0.29, 0.717) is 17.7 Å². The molecule has 2 aromatic rings. The summed E-state index contributed by atoms with van der Waals surface area (Å²) in [4.78, 5) is 25.7. The number of hydrogen-bond acceptors (Lipinski definition) is 5. The molecule has 0 aliphatic carbocycles. The van der Waals surface area contributed by atoms with Crippen molar-refractivity contribution in [3.63, 3.8) is 0 Å². The van der Waals surface area contributed by atoms with Crippen LogP contribution in [0.25, 0.3) is 0 Å². The predicted octanol–water partition coefficient (Wildman–Crippen LogP) is 3.38. The van der Waals surface area contributed by atoms with E-state index >= 15 is 0 Å². The van der Waals surface area contributed by atoms with Crippen LogP contribution in [-0.4, -0.2) is 51.8 Å². The molecule has 0 spiro atoms. The minimum atomic E-state index is -0.889. The van der Waals surface area contributed by atoms with Crippen molar-refractivity contribution in [1.82, 2.24) is 0 Å². The number of ether oxygens (including phenoxy) is 1. The van der Waals surface area contributed by atoms with Crippen LogP contribution >= 0.6 is 0 Å². The third-order valence-electron chi connectivity index (χ3n) is 3.53. The zero-order chi connectivity index (χ0) is 19.7. The smallest absolute Gasteiger partial charge is 0.338 e. The number of anilines is 2. The Bertz CT molecular complexity index is 708. The number of carboxylic acid groups (broad SMARTS) is 1. The largest absolute Gasteiger partial charge is 0.478 e. The normalized spacial score (nSPS) is 9.58. The third kappa shape index (κ3) is 6.47. The summed E-state index contributed by atoms with van der Waals surface area (Å²) >= 11 is 0. The standard InChI is InChI=1S/C11H15NO2.C9H11NO2/c1-4-14-11(13)9-5-7-10(8-6-9)12(2)3;1-10(2)8-5-3-7(4-6-8)9(11)12/h5-8H,4H2,1-3H3;3-6H,1-2H3,(H,11,12). The van der Waals surface area contributed by atoms with Gasteiger partial charge in [0.05, 0.1) is 17.7 Å². The molecule has 0 atom stereocenters. The van der Waals surface area contributed by atoms with Gasteiger partial charge in [-0.3, -0.25) is 0 Å². The van der Waals surface area contributed by atoms with Crippen LogP contribution < -0.4 is 9.80 Å². The molecule has 0 bridgehead atoms. The fourth-order valence-electron chi connectivity index (χ4n) is 2.01. The van der Waals surface area contributed by atoms with Gasteiger partial charge < -0.3 is 19.6 Å². The van der Waals surface area contributed by atoms with E-state index in [1.807, 2.05) is 50.1 Å². The molecular weight excluding hydrogens is 332 g/mol. The number of benzene rings is 2. The summed E-state index contributed by atoms with van der Waals surface area (Å²) in [6.07, 6.45) is 0. The molecule has 0 aliphatic rings. The number of carbonyl (C=O) groups excluding carboxylic acids is 1. The Kier molecular flexibility index (Phi) is 8.15. The molecule has 2 rings (SSSR count). The van der Waals surface area contributed by atoms with E-state index in [1.165, 1.54) is 0 Å². The van der Waals surface area contributed by atoms with Crippen LogP contribution in [0.5, 0.6) is 0 Å². The molecule has 0 aliphatic heterocycles. The Balaban J connectivity index is 0.000000263. The van der Waals surface area contributed by atoms with Crippen molar-refractivity contribution in [3.05, 3.63) is 59.7 Å². The third-order valence-corrected chi connectivity index (χ3v) is 3.53. The highest BCUT2D eigenvalue weighted by atomic mass is 16.5. The summed E-state index contributed by atoms with van der Waals surface area (Å²) in [5, 5.41) is 8.60. The lowest BCUT2D eigenvalue weighted by Crippen LogP contribution is -2.09. The van der Waals surface area contributed by atoms with E-state index in [4.69, 9.17) is 9.84 Å². The van der Waals surface area contributed by atoms with Crippen LogP contribution in [0.3, 0.4) is 0 Å². The zero-order valence-corrected chi connectivity index (χ0v) is 15.9. The second kappa shape index (κ2) is 10.1. The second-order valence-electron chi connectivity index (χ2n) is 5.91.